The zero-order valence-electron chi connectivity index (χ0n) is 10.5. The van der Waals surface area contributed by atoms with Crippen LogP contribution in [0.15, 0.2) is 0 Å². The molecule has 0 heterocycles. The summed E-state index contributed by atoms with van der Waals surface area (Å²) in [5.41, 5.74) is 5.92. The zero-order valence-corrected chi connectivity index (χ0v) is 10.5. The van der Waals surface area contributed by atoms with Crippen LogP contribution < -0.4 is 5.73 Å². The maximum absolute atomic E-state index is 5.92. The van der Waals surface area contributed by atoms with E-state index in [9.17, 15) is 0 Å². The molecule has 2 unspecified atom stereocenters. The highest BCUT2D eigenvalue weighted by atomic mass is 16.5. The second-order valence-electron chi connectivity index (χ2n) is 5.31. The molecule has 2 aliphatic carbocycles. The molecule has 2 N–H and O–H groups in total. The topological polar surface area (TPSA) is 38.5 Å². The highest BCUT2D eigenvalue weighted by Crippen LogP contribution is 2.35. The first kappa shape index (κ1) is 12.3. The van der Waals surface area contributed by atoms with E-state index in [0.29, 0.717) is 0 Å². The Morgan fingerprint density at radius 2 is 1.94 bits per heavy atom. The number of nitrogens with zero attached hydrogens (tertiary/aromatic N) is 1. The summed E-state index contributed by atoms with van der Waals surface area (Å²) in [4.78, 5) is 2.69. The van der Waals surface area contributed by atoms with Crippen molar-refractivity contribution in [2.24, 2.45) is 11.7 Å². The Bertz CT molecular complexity index is 206. The van der Waals surface area contributed by atoms with Gasteiger partial charge in [-0.05, 0) is 38.1 Å². The van der Waals surface area contributed by atoms with Crippen molar-refractivity contribution in [2.45, 2.75) is 50.6 Å². The summed E-state index contributed by atoms with van der Waals surface area (Å²) in [6.45, 7) is 2.83. The van der Waals surface area contributed by atoms with Gasteiger partial charge in [0.2, 0.25) is 0 Å². The van der Waals surface area contributed by atoms with Gasteiger partial charge in [-0.25, -0.2) is 0 Å². The number of ether oxygens (including phenoxy) is 1. The molecule has 0 aromatic heterocycles. The fourth-order valence-electron chi connectivity index (χ4n) is 3.12. The normalized spacial score (nSPS) is 30.9. The Labute approximate surface area is 99.3 Å². The predicted octanol–water partition coefficient (Wildman–Crippen LogP) is 1.61. The molecule has 94 valence electrons. The molecule has 2 rings (SSSR count). The Morgan fingerprint density at radius 3 is 2.56 bits per heavy atom. The summed E-state index contributed by atoms with van der Waals surface area (Å²) in [5, 5.41) is 0. The number of nitrogens with two attached hydrogens (primary N) is 1. The molecule has 2 atom stereocenters. The third kappa shape index (κ3) is 2.96. The summed E-state index contributed by atoms with van der Waals surface area (Å²) in [7, 11) is 1.80. The standard InChI is InChI=1S/C13H26N2O/c1-16-9-8-15(12-6-7-12)13-5-3-2-4-11(13)10-14/h11-13H,2-10,14H2,1H3. The van der Waals surface area contributed by atoms with E-state index in [2.05, 4.69) is 4.90 Å². The fourth-order valence-corrected chi connectivity index (χ4v) is 3.12. The quantitative estimate of drug-likeness (QED) is 0.748. The van der Waals surface area contributed by atoms with Crippen LogP contribution in [0, 0.1) is 5.92 Å². The van der Waals surface area contributed by atoms with Crippen LogP contribution in [0.2, 0.25) is 0 Å². The Kier molecular flexibility index (Phi) is 4.62. The van der Waals surface area contributed by atoms with Crippen molar-refractivity contribution in [3.8, 4) is 0 Å². The van der Waals surface area contributed by atoms with Gasteiger partial charge >= 0.3 is 0 Å². The van der Waals surface area contributed by atoms with Crippen LogP contribution >= 0.6 is 0 Å². The average Bonchev–Trinajstić information content (AvgIpc) is 3.14. The number of methoxy groups -OCH3 is 1. The van der Waals surface area contributed by atoms with E-state index in [-0.39, 0.29) is 0 Å². The highest BCUT2D eigenvalue weighted by molar-refractivity contribution is 4.93. The van der Waals surface area contributed by atoms with Crippen LogP contribution in [0.25, 0.3) is 0 Å². The molecule has 0 spiro atoms. The molecular weight excluding hydrogens is 200 g/mol. The molecule has 0 amide bonds. The van der Waals surface area contributed by atoms with E-state index >= 15 is 0 Å². The van der Waals surface area contributed by atoms with Crippen LogP contribution in [-0.2, 0) is 4.74 Å². The van der Waals surface area contributed by atoms with E-state index in [1.54, 1.807) is 7.11 Å². The lowest BCUT2D eigenvalue weighted by molar-refractivity contribution is 0.0672. The average molecular weight is 226 g/mol. The van der Waals surface area contributed by atoms with Gasteiger partial charge in [0.25, 0.3) is 0 Å². The monoisotopic (exact) mass is 226 g/mol. The Morgan fingerprint density at radius 1 is 1.19 bits per heavy atom. The van der Waals surface area contributed by atoms with Crippen LogP contribution in [0.1, 0.15) is 38.5 Å². The van der Waals surface area contributed by atoms with Crippen LogP contribution in [-0.4, -0.2) is 43.8 Å². The van der Waals surface area contributed by atoms with Crippen molar-refractivity contribution in [1.82, 2.24) is 4.90 Å². The zero-order chi connectivity index (χ0) is 11.4. The summed E-state index contributed by atoms with van der Waals surface area (Å²) < 4.78 is 5.24. The maximum Gasteiger partial charge on any atom is 0.0589 e. The van der Waals surface area contributed by atoms with Gasteiger partial charge in [-0.1, -0.05) is 12.8 Å². The maximum atomic E-state index is 5.92. The van der Waals surface area contributed by atoms with Crippen molar-refractivity contribution < 1.29 is 4.74 Å². The van der Waals surface area contributed by atoms with Gasteiger partial charge in [0.1, 0.15) is 0 Å². The third-order valence-corrected chi connectivity index (χ3v) is 4.17. The van der Waals surface area contributed by atoms with E-state index < -0.39 is 0 Å². The van der Waals surface area contributed by atoms with Crippen molar-refractivity contribution in [2.75, 3.05) is 26.8 Å². The first-order valence-corrected chi connectivity index (χ1v) is 6.81. The van der Waals surface area contributed by atoms with Gasteiger partial charge in [0.05, 0.1) is 6.61 Å². The molecule has 0 saturated heterocycles. The lowest BCUT2D eigenvalue weighted by atomic mass is 9.83. The van der Waals surface area contributed by atoms with E-state index in [1.165, 1.54) is 38.5 Å². The molecule has 0 aliphatic heterocycles. The molecule has 0 radical (unpaired) electrons. The molecular formula is C13H26N2O. The fraction of sp³-hybridized carbons (Fsp3) is 1.00. The van der Waals surface area contributed by atoms with Gasteiger partial charge < -0.3 is 10.5 Å². The minimum absolute atomic E-state index is 0.728. The Hall–Kier alpha value is -0.120. The van der Waals surface area contributed by atoms with Crippen molar-refractivity contribution in [3.05, 3.63) is 0 Å². The molecule has 2 saturated carbocycles. The predicted molar refractivity (Wildman–Crippen MR) is 66.4 cm³/mol. The number of hydrogen-bond acceptors (Lipinski definition) is 3. The number of rotatable bonds is 6. The van der Waals surface area contributed by atoms with Gasteiger partial charge in [-0.15, -0.1) is 0 Å². The first-order valence-electron chi connectivity index (χ1n) is 6.81. The third-order valence-electron chi connectivity index (χ3n) is 4.17. The lowest BCUT2D eigenvalue weighted by Gasteiger charge is -2.40. The number of hydrogen-bond donors (Lipinski definition) is 1. The minimum Gasteiger partial charge on any atom is -0.383 e. The summed E-state index contributed by atoms with van der Waals surface area (Å²) >= 11 is 0. The van der Waals surface area contributed by atoms with Gasteiger partial charge in [0.15, 0.2) is 0 Å². The lowest BCUT2D eigenvalue weighted by Crippen LogP contribution is -2.47. The molecule has 3 nitrogen and oxygen atoms in total. The Balaban J connectivity index is 1.93. The van der Waals surface area contributed by atoms with E-state index in [1.807, 2.05) is 0 Å². The molecule has 2 aliphatic rings. The van der Waals surface area contributed by atoms with Gasteiger partial charge in [-0.2, -0.15) is 0 Å². The van der Waals surface area contributed by atoms with Crippen LogP contribution in [0.5, 0.6) is 0 Å². The molecule has 0 bridgehead atoms. The molecule has 0 aromatic carbocycles. The minimum atomic E-state index is 0.728. The summed E-state index contributed by atoms with van der Waals surface area (Å²) in [6.07, 6.45) is 8.22. The second-order valence-corrected chi connectivity index (χ2v) is 5.31. The van der Waals surface area contributed by atoms with Crippen molar-refractivity contribution in [3.63, 3.8) is 0 Å². The van der Waals surface area contributed by atoms with Crippen molar-refractivity contribution >= 4 is 0 Å². The largest absolute Gasteiger partial charge is 0.383 e. The molecule has 16 heavy (non-hydrogen) atoms. The summed E-state index contributed by atoms with van der Waals surface area (Å²) in [6, 6.07) is 1.58. The van der Waals surface area contributed by atoms with Gasteiger partial charge in [-0.3, -0.25) is 4.90 Å². The van der Waals surface area contributed by atoms with E-state index in [0.717, 1.165) is 37.7 Å². The van der Waals surface area contributed by atoms with Gasteiger partial charge in [0, 0.05) is 25.7 Å². The SMILES string of the molecule is COCCN(C1CC1)C1CCCCC1CN. The van der Waals surface area contributed by atoms with E-state index in [4.69, 9.17) is 10.5 Å². The molecule has 2 fully saturated rings. The van der Waals surface area contributed by atoms with Crippen LogP contribution in [0.4, 0.5) is 0 Å². The summed E-state index contributed by atoms with van der Waals surface area (Å²) in [5.74, 6) is 0.728. The highest BCUT2D eigenvalue weighted by Gasteiger charge is 2.37. The van der Waals surface area contributed by atoms with Crippen LogP contribution in [0.3, 0.4) is 0 Å². The smallest absolute Gasteiger partial charge is 0.0589 e. The molecule has 3 heteroatoms. The molecule has 0 aromatic rings. The second kappa shape index (κ2) is 5.99. The van der Waals surface area contributed by atoms with Crippen molar-refractivity contribution in [1.29, 1.82) is 0 Å². The first-order chi connectivity index (χ1) is 7.86.